The summed E-state index contributed by atoms with van der Waals surface area (Å²) in [7, 11) is 0. The highest BCUT2D eigenvalue weighted by Crippen LogP contribution is 2.26. The highest BCUT2D eigenvalue weighted by Gasteiger charge is 2.34. The third-order valence-corrected chi connectivity index (χ3v) is 4.44. The van der Waals surface area contributed by atoms with Crippen LogP contribution in [0.3, 0.4) is 0 Å². The Balaban J connectivity index is 1.42. The van der Waals surface area contributed by atoms with Crippen molar-refractivity contribution in [3.8, 4) is 0 Å². The van der Waals surface area contributed by atoms with E-state index in [0.29, 0.717) is 17.5 Å². The SMILES string of the molecule is O=C(CNC(=O)c1ccccc1)NC1CCC2NNCC2C1. The van der Waals surface area contributed by atoms with Gasteiger partial charge in [0.2, 0.25) is 5.91 Å². The zero-order valence-electron chi connectivity index (χ0n) is 12.5. The van der Waals surface area contributed by atoms with Crippen LogP contribution in [0.25, 0.3) is 0 Å². The summed E-state index contributed by atoms with van der Waals surface area (Å²) in [4.78, 5) is 23.9. The number of hydrogen-bond acceptors (Lipinski definition) is 4. The van der Waals surface area contributed by atoms with Crippen LogP contribution >= 0.6 is 0 Å². The first-order valence-corrected chi connectivity index (χ1v) is 7.83. The van der Waals surface area contributed by atoms with Gasteiger partial charge >= 0.3 is 0 Å². The number of hydrazine groups is 1. The number of benzene rings is 1. The highest BCUT2D eigenvalue weighted by atomic mass is 16.2. The normalized spacial score (nSPS) is 27.0. The van der Waals surface area contributed by atoms with Crippen LogP contribution in [0.4, 0.5) is 0 Å². The summed E-state index contributed by atoms with van der Waals surface area (Å²) in [6, 6.07) is 9.67. The Morgan fingerprint density at radius 2 is 2.00 bits per heavy atom. The molecule has 1 saturated heterocycles. The maximum absolute atomic E-state index is 12.0. The fraction of sp³-hybridized carbons (Fsp3) is 0.500. The number of fused-ring (bicyclic) bond motifs is 1. The molecule has 0 aromatic heterocycles. The van der Waals surface area contributed by atoms with E-state index in [9.17, 15) is 9.59 Å². The van der Waals surface area contributed by atoms with Gasteiger partial charge in [-0.15, -0.1) is 0 Å². The van der Waals surface area contributed by atoms with Crippen LogP contribution in [0.5, 0.6) is 0 Å². The smallest absolute Gasteiger partial charge is 0.251 e. The van der Waals surface area contributed by atoms with Crippen LogP contribution in [-0.4, -0.2) is 37.0 Å². The van der Waals surface area contributed by atoms with Gasteiger partial charge in [-0.2, -0.15) is 0 Å². The summed E-state index contributed by atoms with van der Waals surface area (Å²) in [5.41, 5.74) is 7.02. The molecule has 118 valence electrons. The van der Waals surface area contributed by atoms with E-state index in [2.05, 4.69) is 21.5 Å². The van der Waals surface area contributed by atoms with Crippen molar-refractivity contribution in [3.05, 3.63) is 35.9 Å². The van der Waals surface area contributed by atoms with Crippen molar-refractivity contribution in [1.29, 1.82) is 0 Å². The van der Waals surface area contributed by atoms with E-state index in [4.69, 9.17) is 0 Å². The van der Waals surface area contributed by atoms with Crippen molar-refractivity contribution in [2.75, 3.05) is 13.1 Å². The molecule has 22 heavy (non-hydrogen) atoms. The highest BCUT2D eigenvalue weighted by molar-refractivity contribution is 5.96. The number of rotatable bonds is 4. The number of hydrogen-bond donors (Lipinski definition) is 4. The molecule has 6 heteroatoms. The molecule has 3 atom stereocenters. The van der Waals surface area contributed by atoms with Crippen molar-refractivity contribution < 1.29 is 9.59 Å². The van der Waals surface area contributed by atoms with Crippen LogP contribution < -0.4 is 21.5 Å². The molecule has 1 aromatic rings. The molecule has 0 radical (unpaired) electrons. The molecule has 4 N–H and O–H groups in total. The van der Waals surface area contributed by atoms with Gasteiger partial charge in [0.05, 0.1) is 6.54 Å². The van der Waals surface area contributed by atoms with Gasteiger partial charge in [0.1, 0.15) is 0 Å². The van der Waals surface area contributed by atoms with Crippen molar-refractivity contribution in [2.24, 2.45) is 5.92 Å². The summed E-state index contributed by atoms with van der Waals surface area (Å²) in [6.45, 7) is 0.983. The van der Waals surface area contributed by atoms with Gasteiger partial charge in [-0.25, -0.2) is 0 Å². The standard InChI is InChI=1S/C16H22N4O2/c21-15(10-17-16(22)11-4-2-1-3-5-11)19-13-6-7-14-12(8-13)9-18-20-14/h1-5,12-14,18,20H,6-10H2,(H,17,22)(H,19,21). The molecule has 1 heterocycles. The molecular weight excluding hydrogens is 280 g/mol. The third kappa shape index (κ3) is 3.64. The average Bonchev–Trinajstić information content (AvgIpc) is 3.01. The second kappa shape index (κ2) is 6.89. The van der Waals surface area contributed by atoms with Crippen molar-refractivity contribution in [3.63, 3.8) is 0 Å². The predicted molar refractivity (Wildman–Crippen MR) is 83.0 cm³/mol. The van der Waals surface area contributed by atoms with Crippen molar-refractivity contribution >= 4 is 11.8 Å². The lowest BCUT2D eigenvalue weighted by Gasteiger charge is -2.31. The zero-order valence-corrected chi connectivity index (χ0v) is 12.5. The lowest BCUT2D eigenvalue weighted by molar-refractivity contribution is -0.121. The quantitative estimate of drug-likeness (QED) is 0.639. The molecule has 2 fully saturated rings. The minimum absolute atomic E-state index is 0.0226. The summed E-state index contributed by atoms with van der Waals surface area (Å²) in [5, 5.41) is 5.69. The molecule has 1 aliphatic carbocycles. The van der Waals surface area contributed by atoms with Gasteiger partial charge in [-0.1, -0.05) is 18.2 Å². The Labute approximate surface area is 130 Å². The van der Waals surface area contributed by atoms with Crippen molar-refractivity contribution in [1.82, 2.24) is 21.5 Å². The molecule has 1 aliphatic heterocycles. The van der Waals surface area contributed by atoms with Crippen LogP contribution in [0.15, 0.2) is 30.3 Å². The molecule has 0 bridgehead atoms. The molecular formula is C16H22N4O2. The molecule has 1 saturated carbocycles. The summed E-state index contributed by atoms with van der Waals surface area (Å²) in [6.07, 6.45) is 3.04. The maximum Gasteiger partial charge on any atom is 0.251 e. The van der Waals surface area contributed by atoms with E-state index in [1.165, 1.54) is 0 Å². The minimum Gasteiger partial charge on any atom is -0.352 e. The topological polar surface area (TPSA) is 82.3 Å². The fourth-order valence-electron chi connectivity index (χ4n) is 3.26. The van der Waals surface area contributed by atoms with Crippen LogP contribution in [0.2, 0.25) is 0 Å². The first-order chi connectivity index (χ1) is 10.7. The number of nitrogens with one attached hydrogen (secondary N) is 4. The zero-order chi connectivity index (χ0) is 15.4. The van der Waals surface area contributed by atoms with E-state index in [-0.39, 0.29) is 24.4 Å². The second-order valence-electron chi connectivity index (χ2n) is 6.02. The van der Waals surface area contributed by atoms with Gasteiger partial charge in [0.15, 0.2) is 0 Å². The monoisotopic (exact) mass is 302 g/mol. The maximum atomic E-state index is 12.0. The molecule has 0 spiro atoms. The molecule has 3 rings (SSSR count). The lowest BCUT2D eigenvalue weighted by atomic mass is 9.83. The first kappa shape index (κ1) is 15.0. The lowest BCUT2D eigenvalue weighted by Crippen LogP contribution is -2.46. The molecule has 3 unspecified atom stereocenters. The number of carbonyl (C=O) groups excluding carboxylic acids is 2. The average molecular weight is 302 g/mol. The van der Waals surface area contributed by atoms with E-state index >= 15 is 0 Å². The second-order valence-corrected chi connectivity index (χ2v) is 6.02. The van der Waals surface area contributed by atoms with Crippen LogP contribution in [0.1, 0.15) is 29.6 Å². The first-order valence-electron chi connectivity index (χ1n) is 7.83. The summed E-state index contributed by atoms with van der Waals surface area (Å²) in [5.74, 6) is 0.244. The van der Waals surface area contributed by atoms with E-state index in [0.717, 1.165) is 25.8 Å². The third-order valence-electron chi connectivity index (χ3n) is 4.44. The Morgan fingerprint density at radius 1 is 1.18 bits per heavy atom. The Bertz CT molecular complexity index is 534. The van der Waals surface area contributed by atoms with Gasteiger partial charge in [-0.05, 0) is 37.3 Å². The van der Waals surface area contributed by atoms with Gasteiger partial charge in [-0.3, -0.25) is 20.4 Å². The molecule has 1 aromatic carbocycles. The molecule has 6 nitrogen and oxygen atoms in total. The van der Waals surface area contributed by atoms with Gasteiger partial charge in [0.25, 0.3) is 5.91 Å². The Hall–Kier alpha value is -1.92. The van der Waals surface area contributed by atoms with Crippen LogP contribution in [0, 0.1) is 5.92 Å². The summed E-state index contributed by atoms with van der Waals surface area (Å²) < 4.78 is 0. The van der Waals surface area contributed by atoms with E-state index in [1.54, 1.807) is 24.3 Å². The number of amides is 2. The van der Waals surface area contributed by atoms with E-state index < -0.39 is 0 Å². The number of carbonyl (C=O) groups is 2. The Kier molecular flexibility index (Phi) is 4.70. The van der Waals surface area contributed by atoms with Crippen molar-refractivity contribution in [2.45, 2.75) is 31.3 Å². The fourth-order valence-corrected chi connectivity index (χ4v) is 3.26. The van der Waals surface area contributed by atoms with Crippen LogP contribution in [-0.2, 0) is 4.79 Å². The van der Waals surface area contributed by atoms with Gasteiger partial charge < -0.3 is 10.6 Å². The predicted octanol–water partition coefficient (Wildman–Crippen LogP) is 0.178. The molecule has 2 amide bonds. The largest absolute Gasteiger partial charge is 0.352 e. The summed E-state index contributed by atoms with van der Waals surface area (Å²) >= 11 is 0. The Morgan fingerprint density at radius 3 is 2.82 bits per heavy atom. The minimum atomic E-state index is -0.219. The van der Waals surface area contributed by atoms with Gasteiger partial charge in [0, 0.05) is 24.2 Å². The van der Waals surface area contributed by atoms with E-state index in [1.807, 2.05) is 6.07 Å². The molecule has 2 aliphatic rings.